The number of alkyl halides is 3. The largest absolute Gasteiger partial charge is 0.505 e. The molecule has 0 bridgehead atoms. The SMILES string of the molecule is Cc1ccc2c(N[C@H]3c4cc(Cl)c(F)c(O)c4[C@H](C)C[C@]3(O)C(F)(F)F)cccc2n1. The summed E-state index contributed by atoms with van der Waals surface area (Å²) in [6.45, 7) is 3.18. The highest BCUT2D eigenvalue weighted by Crippen LogP contribution is 2.55. The van der Waals surface area contributed by atoms with Crippen molar-refractivity contribution in [3.8, 4) is 5.75 Å². The minimum atomic E-state index is -5.01. The average Bonchev–Trinajstić information content (AvgIpc) is 2.67. The third-order valence-electron chi connectivity index (χ3n) is 5.83. The molecule has 3 N–H and O–H groups in total. The quantitative estimate of drug-likeness (QED) is 0.416. The van der Waals surface area contributed by atoms with Gasteiger partial charge in [0.2, 0.25) is 0 Å². The molecule has 164 valence electrons. The van der Waals surface area contributed by atoms with Crippen LogP contribution in [0, 0.1) is 12.7 Å². The number of aromatic hydroxyl groups is 1. The molecule has 0 saturated carbocycles. The van der Waals surface area contributed by atoms with Gasteiger partial charge in [-0.1, -0.05) is 24.6 Å². The number of benzene rings is 2. The summed E-state index contributed by atoms with van der Waals surface area (Å²) in [6.07, 6.45) is -5.77. The molecule has 0 saturated heterocycles. The number of hydrogen-bond acceptors (Lipinski definition) is 4. The molecular weight excluding hydrogens is 436 g/mol. The van der Waals surface area contributed by atoms with E-state index in [9.17, 15) is 27.8 Å². The first kappa shape index (κ1) is 21.6. The normalized spacial score (nSPS) is 23.6. The van der Waals surface area contributed by atoms with E-state index in [2.05, 4.69) is 10.3 Å². The fourth-order valence-corrected chi connectivity index (χ4v) is 4.57. The highest BCUT2D eigenvalue weighted by atomic mass is 35.5. The van der Waals surface area contributed by atoms with E-state index < -0.39 is 46.7 Å². The number of aryl methyl sites for hydroxylation is 1. The number of pyridine rings is 1. The Balaban J connectivity index is 1.95. The van der Waals surface area contributed by atoms with Crippen molar-refractivity contribution in [2.75, 3.05) is 5.32 Å². The molecule has 1 aliphatic rings. The molecule has 4 nitrogen and oxygen atoms in total. The summed E-state index contributed by atoms with van der Waals surface area (Å²) < 4.78 is 56.6. The van der Waals surface area contributed by atoms with Crippen molar-refractivity contribution in [1.82, 2.24) is 4.98 Å². The monoisotopic (exact) mass is 454 g/mol. The van der Waals surface area contributed by atoms with Gasteiger partial charge in [-0.2, -0.15) is 13.2 Å². The van der Waals surface area contributed by atoms with E-state index in [1.807, 2.05) is 0 Å². The van der Waals surface area contributed by atoms with Crippen molar-refractivity contribution in [3.05, 3.63) is 64.1 Å². The second-order valence-electron chi connectivity index (χ2n) is 7.95. The van der Waals surface area contributed by atoms with Crippen LogP contribution in [0.25, 0.3) is 10.9 Å². The summed E-state index contributed by atoms with van der Waals surface area (Å²) in [7, 11) is 0. The number of phenols is 1. The smallest absolute Gasteiger partial charge is 0.419 e. The Kier molecular flexibility index (Phi) is 5.05. The van der Waals surface area contributed by atoms with Gasteiger partial charge in [0.1, 0.15) is 0 Å². The van der Waals surface area contributed by atoms with Crippen molar-refractivity contribution in [1.29, 1.82) is 0 Å². The van der Waals surface area contributed by atoms with Gasteiger partial charge < -0.3 is 15.5 Å². The lowest BCUT2D eigenvalue weighted by Crippen LogP contribution is -2.55. The number of aliphatic hydroxyl groups is 1. The number of phenolic OH excluding ortho intramolecular Hbond substituents is 1. The molecule has 0 radical (unpaired) electrons. The highest BCUT2D eigenvalue weighted by Gasteiger charge is 2.62. The second-order valence-corrected chi connectivity index (χ2v) is 8.36. The predicted molar refractivity (Wildman–Crippen MR) is 110 cm³/mol. The summed E-state index contributed by atoms with van der Waals surface area (Å²) in [5.74, 6) is -2.88. The lowest BCUT2D eigenvalue weighted by atomic mass is 9.70. The molecule has 9 heteroatoms. The number of nitrogens with one attached hydrogen (secondary N) is 1. The molecule has 0 amide bonds. The summed E-state index contributed by atoms with van der Waals surface area (Å²) in [5.41, 5.74) is -1.71. The Labute approximate surface area is 180 Å². The van der Waals surface area contributed by atoms with Crippen molar-refractivity contribution in [2.24, 2.45) is 0 Å². The zero-order valence-electron chi connectivity index (χ0n) is 16.6. The maximum absolute atomic E-state index is 14.2. The number of aromatic nitrogens is 1. The van der Waals surface area contributed by atoms with E-state index in [0.717, 1.165) is 11.8 Å². The molecule has 1 aliphatic carbocycles. The zero-order valence-corrected chi connectivity index (χ0v) is 17.3. The Morgan fingerprint density at radius 2 is 1.94 bits per heavy atom. The Morgan fingerprint density at radius 3 is 2.61 bits per heavy atom. The summed E-state index contributed by atoms with van der Waals surface area (Å²) >= 11 is 5.85. The standard InChI is InChI=1S/C22H19ClF4N2O2/c1-10-9-21(31,22(25,26)27)20(13-8-14(23)18(24)19(30)17(10)13)29-16-5-3-4-15-12(16)7-6-11(2)28-15/h3-8,10,20,29-31H,9H2,1-2H3/t10-,20+,21-/m1/s1. The first-order valence-corrected chi connectivity index (χ1v) is 9.94. The second kappa shape index (κ2) is 7.24. The predicted octanol–water partition coefficient (Wildman–Crippen LogP) is 6.00. The van der Waals surface area contributed by atoms with E-state index in [0.29, 0.717) is 16.6 Å². The number of halogens is 5. The lowest BCUT2D eigenvalue weighted by molar-refractivity contribution is -0.272. The van der Waals surface area contributed by atoms with Gasteiger partial charge in [-0.3, -0.25) is 4.98 Å². The first-order chi connectivity index (χ1) is 14.4. The molecule has 1 heterocycles. The minimum absolute atomic E-state index is 0.0115. The van der Waals surface area contributed by atoms with Crippen molar-refractivity contribution >= 4 is 28.2 Å². The average molecular weight is 455 g/mol. The van der Waals surface area contributed by atoms with Crippen LogP contribution >= 0.6 is 11.6 Å². The van der Waals surface area contributed by atoms with Gasteiger partial charge in [0.15, 0.2) is 17.2 Å². The van der Waals surface area contributed by atoms with Crippen LogP contribution in [-0.4, -0.2) is 27.0 Å². The summed E-state index contributed by atoms with van der Waals surface area (Å²) in [4.78, 5) is 4.38. The number of fused-ring (bicyclic) bond motifs is 2. The van der Waals surface area contributed by atoms with Crippen LogP contribution < -0.4 is 5.32 Å². The fourth-order valence-electron chi connectivity index (χ4n) is 4.36. The Morgan fingerprint density at radius 1 is 1.23 bits per heavy atom. The highest BCUT2D eigenvalue weighted by molar-refractivity contribution is 6.31. The van der Waals surface area contributed by atoms with E-state index >= 15 is 0 Å². The number of anilines is 1. The maximum atomic E-state index is 14.2. The first-order valence-electron chi connectivity index (χ1n) is 9.57. The van der Waals surface area contributed by atoms with E-state index in [1.54, 1.807) is 37.3 Å². The van der Waals surface area contributed by atoms with E-state index in [1.165, 1.54) is 6.92 Å². The molecule has 31 heavy (non-hydrogen) atoms. The van der Waals surface area contributed by atoms with Crippen LogP contribution in [0.4, 0.5) is 23.2 Å². The van der Waals surface area contributed by atoms with Crippen molar-refractivity contribution < 1.29 is 27.8 Å². The molecular formula is C22H19ClF4N2O2. The third kappa shape index (κ3) is 3.38. The number of rotatable bonds is 2. The van der Waals surface area contributed by atoms with Crippen LogP contribution in [-0.2, 0) is 0 Å². The topological polar surface area (TPSA) is 65.4 Å². The third-order valence-corrected chi connectivity index (χ3v) is 6.10. The van der Waals surface area contributed by atoms with Crippen molar-refractivity contribution in [3.63, 3.8) is 0 Å². The maximum Gasteiger partial charge on any atom is 0.419 e. The molecule has 1 aromatic heterocycles. The lowest BCUT2D eigenvalue weighted by Gasteiger charge is -2.45. The molecule has 0 aliphatic heterocycles. The van der Waals surface area contributed by atoms with Gasteiger partial charge in [0.25, 0.3) is 0 Å². The molecule has 0 unspecified atom stereocenters. The molecule has 3 aromatic rings. The van der Waals surface area contributed by atoms with Gasteiger partial charge in [-0.05, 0) is 55.2 Å². The Hall–Kier alpha value is -2.58. The molecule has 0 spiro atoms. The molecule has 3 atom stereocenters. The van der Waals surface area contributed by atoms with Gasteiger partial charge in [-0.25, -0.2) is 4.39 Å². The zero-order chi connectivity index (χ0) is 22.7. The van der Waals surface area contributed by atoms with E-state index in [4.69, 9.17) is 11.6 Å². The van der Waals surface area contributed by atoms with Gasteiger partial charge in [0, 0.05) is 22.3 Å². The van der Waals surface area contributed by atoms with Crippen LogP contribution in [0.5, 0.6) is 5.75 Å². The number of nitrogens with zero attached hydrogens (tertiary/aromatic N) is 1. The summed E-state index contributed by atoms with van der Waals surface area (Å²) in [5, 5.41) is 24.0. The Bertz CT molecular complexity index is 1180. The minimum Gasteiger partial charge on any atom is -0.505 e. The van der Waals surface area contributed by atoms with Crippen LogP contribution in [0.1, 0.15) is 42.1 Å². The van der Waals surface area contributed by atoms with Gasteiger partial charge in [-0.15, -0.1) is 0 Å². The van der Waals surface area contributed by atoms with Crippen LogP contribution in [0.3, 0.4) is 0 Å². The molecule has 0 fully saturated rings. The molecule has 4 rings (SSSR count). The van der Waals surface area contributed by atoms with Crippen LogP contribution in [0.15, 0.2) is 36.4 Å². The fraction of sp³-hybridized carbons (Fsp3) is 0.318. The van der Waals surface area contributed by atoms with Gasteiger partial charge >= 0.3 is 6.18 Å². The molecule has 2 aromatic carbocycles. The van der Waals surface area contributed by atoms with E-state index in [-0.39, 0.29) is 11.1 Å². The van der Waals surface area contributed by atoms with Crippen molar-refractivity contribution in [2.45, 2.75) is 44.0 Å². The van der Waals surface area contributed by atoms with Crippen LogP contribution in [0.2, 0.25) is 5.02 Å². The summed E-state index contributed by atoms with van der Waals surface area (Å²) in [6, 6.07) is 7.65. The van der Waals surface area contributed by atoms with Gasteiger partial charge in [0.05, 0.1) is 16.6 Å². The number of hydrogen-bond donors (Lipinski definition) is 3.